The summed E-state index contributed by atoms with van der Waals surface area (Å²) in [5.41, 5.74) is 2.22. The molecule has 1 aromatic rings. The molecule has 0 amide bonds. The van der Waals surface area contributed by atoms with Crippen LogP contribution < -0.4 is 9.47 Å². The van der Waals surface area contributed by atoms with Crippen LogP contribution in [0.2, 0.25) is 0 Å². The summed E-state index contributed by atoms with van der Waals surface area (Å²) in [5.74, 6) is 0.999. The molecule has 0 radical (unpaired) electrons. The Kier molecular flexibility index (Phi) is 5.07. The lowest BCUT2D eigenvalue weighted by Gasteiger charge is -2.21. The molecule has 1 N–H and O–H groups in total. The number of hydrogen-bond acceptors (Lipinski definition) is 4. The second-order valence-corrected chi connectivity index (χ2v) is 5.42. The van der Waals surface area contributed by atoms with Crippen molar-refractivity contribution in [2.24, 2.45) is 0 Å². The maximum atomic E-state index is 10.7. The Hall–Kier alpha value is -1.75. The lowest BCUT2D eigenvalue weighted by atomic mass is 10.1. The maximum Gasteiger partial charge on any atom is 0.304 e. The van der Waals surface area contributed by atoms with Gasteiger partial charge in [-0.25, -0.2) is 0 Å². The van der Waals surface area contributed by atoms with Crippen molar-refractivity contribution in [2.45, 2.75) is 39.3 Å². The number of benzene rings is 1. The molecule has 2 rings (SSSR count). The van der Waals surface area contributed by atoms with Crippen molar-refractivity contribution in [3.05, 3.63) is 23.3 Å². The van der Waals surface area contributed by atoms with Gasteiger partial charge in [0.2, 0.25) is 0 Å². The number of ether oxygens (including phenoxy) is 2. The number of carboxylic acid groups (broad SMARTS) is 1. The summed E-state index contributed by atoms with van der Waals surface area (Å²) in [6.45, 7) is 6.07. The number of rotatable bonds is 7. The van der Waals surface area contributed by atoms with Crippen molar-refractivity contribution >= 4 is 5.97 Å². The molecule has 21 heavy (non-hydrogen) atoms. The van der Waals surface area contributed by atoms with Crippen molar-refractivity contribution in [1.82, 2.24) is 4.90 Å². The lowest BCUT2D eigenvalue weighted by molar-refractivity contribution is -0.137. The van der Waals surface area contributed by atoms with Crippen molar-refractivity contribution < 1.29 is 19.4 Å². The first-order chi connectivity index (χ1) is 10.0. The van der Waals surface area contributed by atoms with Gasteiger partial charge in [-0.2, -0.15) is 0 Å². The number of carbonyl (C=O) groups is 1. The molecule has 1 aliphatic rings. The number of aliphatic carboxylic acids is 1. The first-order valence-corrected chi connectivity index (χ1v) is 7.34. The van der Waals surface area contributed by atoms with Crippen LogP contribution in [0.5, 0.6) is 11.5 Å². The highest BCUT2D eigenvalue weighted by Crippen LogP contribution is 2.35. The zero-order valence-electron chi connectivity index (χ0n) is 12.9. The molecule has 1 unspecified atom stereocenters. The normalized spacial score (nSPS) is 16.7. The summed E-state index contributed by atoms with van der Waals surface area (Å²) >= 11 is 0. The van der Waals surface area contributed by atoms with Crippen LogP contribution >= 0.6 is 0 Å². The van der Waals surface area contributed by atoms with E-state index in [9.17, 15) is 4.79 Å². The third kappa shape index (κ3) is 3.88. The molecule has 1 aliphatic heterocycles. The van der Waals surface area contributed by atoms with Crippen molar-refractivity contribution in [2.75, 3.05) is 20.2 Å². The predicted octanol–water partition coefficient (Wildman–Crippen LogP) is 2.32. The van der Waals surface area contributed by atoms with Gasteiger partial charge in [-0.1, -0.05) is 6.92 Å². The van der Waals surface area contributed by atoms with Crippen LogP contribution in [-0.4, -0.2) is 42.3 Å². The Labute approximate surface area is 125 Å². The zero-order valence-corrected chi connectivity index (χ0v) is 12.9. The van der Waals surface area contributed by atoms with E-state index in [-0.39, 0.29) is 12.5 Å². The molecule has 116 valence electrons. The number of methoxy groups -OCH3 is 1. The summed E-state index contributed by atoms with van der Waals surface area (Å²) in [6.07, 6.45) is 1.26. The SMILES string of the molecule is CCN(CCC(=O)O)Cc1cc2c(cc1OC)CC(C)O2. The maximum absolute atomic E-state index is 10.7. The quantitative estimate of drug-likeness (QED) is 0.836. The molecule has 0 aliphatic carbocycles. The average molecular weight is 293 g/mol. The Morgan fingerprint density at radius 3 is 2.90 bits per heavy atom. The van der Waals surface area contributed by atoms with Crippen LogP contribution in [0.1, 0.15) is 31.4 Å². The number of hydrogen-bond donors (Lipinski definition) is 1. The minimum atomic E-state index is -0.772. The third-order valence-electron chi connectivity index (χ3n) is 3.78. The summed E-state index contributed by atoms with van der Waals surface area (Å²) in [4.78, 5) is 12.8. The van der Waals surface area contributed by atoms with Crippen LogP contribution in [0.25, 0.3) is 0 Å². The molecule has 1 aromatic carbocycles. The summed E-state index contributed by atoms with van der Waals surface area (Å²) in [6, 6.07) is 4.07. The van der Waals surface area contributed by atoms with E-state index in [4.69, 9.17) is 14.6 Å². The Morgan fingerprint density at radius 1 is 1.52 bits per heavy atom. The summed E-state index contributed by atoms with van der Waals surface area (Å²) in [5, 5.41) is 8.81. The minimum absolute atomic E-state index is 0.147. The highest BCUT2D eigenvalue weighted by molar-refractivity contribution is 5.66. The van der Waals surface area contributed by atoms with Crippen LogP contribution in [0.15, 0.2) is 12.1 Å². The lowest BCUT2D eigenvalue weighted by Crippen LogP contribution is -2.26. The number of fused-ring (bicyclic) bond motifs is 1. The molecule has 5 heteroatoms. The van der Waals surface area contributed by atoms with Crippen LogP contribution in [0, 0.1) is 0 Å². The Morgan fingerprint density at radius 2 is 2.29 bits per heavy atom. The second-order valence-electron chi connectivity index (χ2n) is 5.42. The van der Waals surface area contributed by atoms with Gasteiger partial charge in [0.15, 0.2) is 0 Å². The van der Waals surface area contributed by atoms with Crippen molar-refractivity contribution in [3.8, 4) is 11.5 Å². The van der Waals surface area contributed by atoms with Gasteiger partial charge in [0.25, 0.3) is 0 Å². The molecule has 0 aromatic heterocycles. The van der Waals surface area contributed by atoms with Gasteiger partial charge >= 0.3 is 5.97 Å². The Balaban J connectivity index is 2.14. The smallest absolute Gasteiger partial charge is 0.304 e. The van der Waals surface area contributed by atoms with E-state index < -0.39 is 5.97 Å². The fraction of sp³-hybridized carbons (Fsp3) is 0.562. The average Bonchev–Trinajstić information content (AvgIpc) is 2.81. The number of carboxylic acids is 1. The highest BCUT2D eigenvalue weighted by Gasteiger charge is 2.22. The zero-order chi connectivity index (χ0) is 15.4. The monoisotopic (exact) mass is 293 g/mol. The van der Waals surface area contributed by atoms with E-state index in [1.165, 1.54) is 5.56 Å². The molecule has 0 saturated heterocycles. The molecule has 5 nitrogen and oxygen atoms in total. The van der Waals surface area contributed by atoms with Gasteiger partial charge < -0.3 is 14.6 Å². The fourth-order valence-corrected chi connectivity index (χ4v) is 2.64. The minimum Gasteiger partial charge on any atom is -0.496 e. The standard InChI is InChI=1S/C16H23NO4/c1-4-17(6-5-16(18)19)10-13-9-15-12(7-11(2)21-15)8-14(13)20-3/h8-9,11H,4-7,10H2,1-3H3,(H,18,19). The van der Waals surface area contributed by atoms with Gasteiger partial charge in [-0.3, -0.25) is 9.69 Å². The van der Waals surface area contributed by atoms with Crippen LogP contribution in [-0.2, 0) is 17.8 Å². The van der Waals surface area contributed by atoms with Gasteiger partial charge in [0.1, 0.15) is 17.6 Å². The largest absolute Gasteiger partial charge is 0.496 e. The topological polar surface area (TPSA) is 59.0 Å². The third-order valence-corrected chi connectivity index (χ3v) is 3.78. The van der Waals surface area contributed by atoms with E-state index in [0.29, 0.717) is 13.1 Å². The van der Waals surface area contributed by atoms with E-state index >= 15 is 0 Å². The molecule has 0 fully saturated rings. The van der Waals surface area contributed by atoms with Gasteiger partial charge in [-0.05, 0) is 25.6 Å². The Bertz CT molecular complexity index is 515. The number of nitrogens with zero attached hydrogens (tertiary/aromatic N) is 1. The molecule has 1 heterocycles. The summed E-state index contributed by atoms with van der Waals surface area (Å²) < 4.78 is 11.3. The second kappa shape index (κ2) is 6.80. The van der Waals surface area contributed by atoms with Gasteiger partial charge in [0.05, 0.1) is 13.5 Å². The molecule has 0 bridgehead atoms. The van der Waals surface area contributed by atoms with Crippen molar-refractivity contribution in [1.29, 1.82) is 0 Å². The van der Waals surface area contributed by atoms with Crippen LogP contribution in [0.3, 0.4) is 0 Å². The van der Waals surface area contributed by atoms with E-state index in [1.54, 1.807) is 7.11 Å². The van der Waals surface area contributed by atoms with Crippen LogP contribution in [0.4, 0.5) is 0 Å². The van der Waals surface area contributed by atoms with E-state index in [1.807, 2.05) is 19.1 Å². The summed E-state index contributed by atoms with van der Waals surface area (Å²) in [7, 11) is 1.66. The highest BCUT2D eigenvalue weighted by atomic mass is 16.5. The first-order valence-electron chi connectivity index (χ1n) is 7.34. The molecule has 0 spiro atoms. The molecule has 1 atom stereocenters. The molecule has 0 saturated carbocycles. The van der Waals surface area contributed by atoms with Gasteiger partial charge in [0, 0.05) is 30.6 Å². The molecular formula is C16H23NO4. The van der Waals surface area contributed by atoms with E-state index in [2.05, 4.69) is 11.8 Å². The first kappa shape index (κ1) is 15.6. The van der Waals surface area contributed by atoms with Gasteiger partial charge in [-0.15, -0.1) is 0 Å². The predicted molar refractivity (Wildman–Crippen MR) is 80.0 cm³/mol. The molecular weight excluding hydrogens is 270 g/mol. The van der Waals surface area contributed by atoms with E-state index in [0.717, 1.165) is 30.0 Å². The fourth-order valence-electron chi connectivity index (χ4n) is 2.64. The van der Waals surface area contributed by atoms with Crippen molar-refractivity contribution in [3.63, 3.8) is 0 Å².